The van der Waals surface area contributed by atoms with Crippen LogP contribution in [0.5, 0.6) is 5.75 Å². The molecule has 3 aromatic rings. The lowest BCUT2D eigenvalue weighted by atomic mass is 9.87. The lowest BCUT2D eigenvalue weighted by Crippen LogP contribution is -2.23. The molecule has 3 N–H and O–H groups in total. The average molecular weight is 358 g/mol. The maximum absolute atomic E-state index is 12.9. The summed E-state index contributed by atoms with van der Waals surface area (Å²) in [6.07, 6.45) is 0. The number of hydrogen-bond donors (Lipinski definition) is 3. The van der Waals surface area contributed by atoms with Crippen LogP contribution >= 0.6 is 11.6 Å². The minimum absolute atomic E-state index is 0.0291. The topological polar surface area (TPSA) is 87.4 Å². The second-order valence-electron chi connectivity index (χ2n) is 5.89. The molecule has 1 aliphatic rings. The molecule has 0 unspecified atom stereocenters. The lowest BCUT2D eigenvalue weighted by molar-refractivity contribution is 0.104. The van der Waals surface area contributed by atoms with Gasteiger partial charge in [0.05, 0.1) is 34.8 Å². The zero-order chi connectivity index (χ0) is 17.6. The quantitative estimate of drug-likeness (QED) is 0.477. The Morgan fingerprint density at radius 3 is 2.80 bits per heavy atom. The summed E-state index contributed by atoms with van der Waals surface area (Å²) >= 11 is 6.30. The molecular formula is C18H16ClN3O3. The Balaban J connectivity index is 1.93. The highest BCUT2D eigenvalue weighted by Crippen LogP contribution is 2.44. The van der Waals surface area contributed by atoms with Gasteiger partial charge in [-0.05, 0) is 18.2 Å². The van der Waals surface area contributed by atoms with Crippen molar-refractivity contribution in [1.82, 2.24) is 15.1 Å². The van der Waals surface area contributed by atoms with Crippen molar-refractivity contribution < 1.29 is 15.0 Å². The van der Waals surface area contributed by atoms with Crippen LogP contribution in [0.15, 0.2) is 30.3 Å². The molecular weight excluding hydrogens is 342 g/mol. The zero-order valence-corrected chi connectivity index (χ0v) is 14.0. The van der Waals surface area contributed by atoms with Crippen LogP contribution in [0.4, 0.5) is 0 Å². The molecule has 0 saturated carbocycles. The molecule has 0 saturated heterocycles. The number of aromatic hydroxyl groups is 1. The Morgan fingerprint density at radius 1 is 1.16 bits per heavy atom. The fraction of sp³-hybridized carbons (Fsp3) is 0.222. The molecule has 128 valence electrons. The molecule has 7 heteroatoms. The van der Waals surface area contributed by atoms with Crippen molar-refractivity contribution in [2.45, 2.75) is 6.54 Å². The van der Waals surface area contributed by atoms with Gasteiger partial charge in [0.2, 0.25) is 0 Å². The van der Waals surface area contributed by atoms with E-state index in [4.69, 9.17) is 16.7 Å². The number of fused-ring (bicyclic) bond motifs is 2. The summed E-state index contributed by atoms with van der Waals surface area (Å²) in [6.45, 7) is 1.76. The maximum Gasteiger partial charge on any atom is 0.196 e. The lowest BCUT2D eigenvalue weighted by Gasteiger charge is -2.16. The van der Waals surface area contributed by atoms with Gasteiger partial charge in [-0.3, -0.25) is 9.48 Å². The smallest absolute Gasteiger partial charge is 0.196 e. The molecule has 0 radical (unpaired) electrons. The first-order chi connectivity index (χ1) is 12.1. The maximum atomic E-state index is 12.9. The van der Waals surface area contributed by atoms with Gasteiger partial charge >= 0.3 is 0 Å². The molecule has 1 aliphatic carbocycles. The first-order valence-corrected chi connectivity index (χ1v) is 8.39. The molecule has 0 bridgehead atoms. The molecule has 25 heavy (non-hydrogen) atoms. The Labute approximate surface area is 148 Å². The van der Waals surface area contributed by atoms with E-state index < -0.39 is 0 Å². The number of hydrogen-bond acceptors (Lipinski definition) is 5. The number of ketones is 1. The molecule has 0 atom stereocenters. The predicted molar refractivity (Wildman–Crippen MR) is 95.2 cm³/mol. The number of halogens is 1. The number of carbonyl (C=O) groups excluding carboxylic acids is 1. The van der Waals surface area contributed by atoms with Crippen molar-refractivity contribution in [2.75, 3.05) is 19.7 Å². The second kappa shape index (κ2) is 6.15. The molecule has 1 aromatic heterocycles. The average Bonchev–Trinajstić information content (AvgIpc) is 2.96. The van der Waals surface area contributed by atoms with E-state index in [1.165, 1.54) is 0 Å². The van der Waals surface area contributed by atoms with Gasteiger partial charge < -0.3 is 15.5 Å². The van der Waals surface area contributed by atoms with Crippen LogP contribution in [0.1, 0.15) is 15.9 Å². The van der Waals surface area contributed by atoms with Crippen molar-refractivity contribution >= 4 is 28.3 Å². The van der Waals surface area contributed by atoms with E-state index in [2.05, 4.69) is 10.4 Å². The summed E-state index contributed by atoms with van der Waals surface area (Å²) in [5.41, 5.74) is 2.66. The van der Waals surface area contributed by atoms with Crippen LogP contribution in [0.2, 0.25) is 5.02 Å². The number of rotatable bonds is 5. The number of nitrogens with zero attached hydrogens (tertiary/aromatic N) is 2. The molecule has 1 heterocycles. The summed E-state index contributed by atoms with van der Waals surface area (Å²) < 4.78 is 1.80. The van der Waals surface area contributed by atoms with E-state index in [-0.39, 0.29) is 18.1 Å². The van der Waals surface area contributed by atoms with Crippen LogP contribution in [0, 0.1) is 0 Å². The molecule has 6 nitrogen and oxygen atoms in total. The first kappa shape index (κ1) is 16.1. The SMILES string of the molecule is O=C1c2cccc(O)c2-c2nn(CCNCCO)c3ccc(Cl)c1c23. The van der Waals surface area contributed by atoms with E-state index >= 15 is 0 Å². The Bertz CT molecular complexity index is 997. The van der Waals surface area contributed by atoms with Crippen LogP contribution in [-0.2, 0) is 6.54 Å². The van der Waals surface area contributed by atoms with Crippen molar-refractivity contribution in [3.8, 4) is 17.0 Å². The number of aromatic nitrogens is 2. The molecule has 0 amide bonds. The second-order valence-corrected chi connectivity index (χ2v) is 6.30. The monoisotopic (exact) mass is 357 g/mol. The Morgan fingerprint density at radius 2 is 2.00 bits per heavy atom. The normalized spacial score (nSPS) is 12.6. The minimum atomic E-state index is -0.202. The van der Waals surface area contributed by atoms with E-state index in [0.717, 1.165) is 5.52 Å². The zero-order valence-electron chi connectivity index (χ0n) is 13.3. The van der Waals surface area contributed by atoms with Gasteiger partial charge in [0.25, 0.3) is 0 Å². The summed E-state index contributed by atoms with van der Waals surface area (Å²) in [4.78, 5) is 12.9. The first-order valence-electron chi connectivity index (χ1n) is 8.01. The van der Waals surface area contributed by atoms with E-state index in [1.54, 1.807) is 28.9 Å². The number of aliphatic hydroxyl groups is 1. The predicted octanol–water partition coefficient (Wildman–Crippen LogP) is 2.19. The van der Waals surface area contributed by atoms with Crippen molar-refractivity contribution in [3.05, 3.63) is 46.5 Å². The molecule has 0 aliphatic heterocycles. The van der Waals surface area contributed by atoms with E-state index in [0.29, 0.717) is 52.4 Å². The largest absolute Gasteiger partial charge is 0.507 e. The van der Waals surface area contributed by atoms with Crippen molar-refractivity contribution in [3.63, 3.8) is 0 Å². The molecule has 4 rings (SSSR count). The number of benzene rings is 2. The molecule has 0 spiro atoms. The third kappa shape index (κ3) is 2.41. The highest BCUT2D eigenvalue weighted by atomic mass is 35.5. The van der Waals surface area contributed by atoms with Gasteiger partial charge in [0, 0.05) is 24.0 Å². The summed E-state index contributed by atoms with van der Waals surface area (Å²) in [7, 11) is 0. The van der Waals surface area contributed by atoms with Gasteiger partial charge in [-0.2, -0.15) is 5.10 Å². The number of phenols is 1. The van der Waals surface area contributed by atoms with E-state index in [9.17, 15) is 9.90 Å². The Kier molecular flexibility index (Phi) is 3.95. The number of aliphatic hydroxyl groups excluding tert-OH is 1. The number of phenolic OH excluding ortho intramolecular Hbond substituents is 1. The highest BCUT2D eigenvalue weighted by Gasteiger charge is 2.32. The highest BCUT2D eigenvalue weighted by molar-refractivity contribution is 6.39. The van der Waals surface area contributed by atoms with Gasteiger partial charge in [0.15, 0.2) is 5.78 Å². The number of carbonyl (C=O) groups is 1. The fourth-order valence-electron chi connectivity index (χ4n) is 3.31. The Hall–Kier alpha value is -2.41. The van der Waals surface area contributed by atoms with E-state index in [1.807, 2.05) is 6.07 Å². The third-order valence-electron chi connectivity index (χ3n) is 4.41. The third-order valence-corrected chi connectivity index (χ3v) is 4.72. The van der Waals surface area contributed by atoms with Gasteiger partial charge in [0.1, 0.15) is 11.4 Å². The van der Waals surface area contributed by atoms with Gasteiger partial charge in [-0.15, -0.1) is 0 Å². The van der Waals surface area contributed by atoms with Crippen molar-refractivity contribution in [1.29, 1.82) is 0 Å². The summed E-state index contributed by atoms with van der Waals surface area (Å²) in [6, 6.07) is 8.41. The summed E-state index contributed by atoms with van der Waals surface area (Å²) in [5.74, 6) is -0.173. The fourth-order valence-corrected chi connectivity index (χ4v) is 3.56. The standard InChI is InChI=1S/C18H16ClN3O3/c19-11-4-5-12-16-15(11)18(25)10-2-1-3-13(24)14(10)17(16)21-22(12)8-6-20-7-9-23/h1-5,20,23-24H,6-9H2. The van der Waals surface area contributed by atoms with Gasteiger partial charge in [-0.1, -0.05) is 23.7 Å². The van der Waals surface area contributed by atoms with Crippen LogP contribution in [0.3, 0.4) is 0 Å². The molecule has 0 fully saturated rings. The number of nitrogens with one attached hydrogen (secondary N) is 1. The minimum Gasteiger partial charge on any atom is -0.507 e. The van der Waals surface area contributed by atoms with Gasteiger partial charge in [-0.25, -0.2) is 0 Å². The van der Waals surface area contributed by atoms with Crippen LogP contribution in [-0.4, -0.2) is 45.5 Å². The summed E-state index contributed by atoms with van der Waals surface area (Å²) in [5, 5.41) is 28.0. The van der Waals surface area contributed by atoms with Crippen molar-refractivity contribution in [2.24, 2.45) is 0 Å². The molecule has 2 aromatic carbocycles. The van der Waals surface area contributed by atoms with Crippen LogP contribution in [0.25, 0.3) is 22.2 Å². The van der Waals surface area contributed by atoms with Crippen LogP contribution < -0.4 is 5.32 Å².